The van der Waals surface area contributed by atoms with E-state index in [1.54, 1.807) is 6.20 Å². The highest BCUT2D eigenvalue weighted by atomic mass is 79.9. The van der Waals surface area contributed by atoms with E-state index in [4.69, 9.17) is 0 Å². The molecule has 1 aromatic heterocycles. The normalized spacial score (nSPS) is 10.8. The number of ketones is 1. The Hall–Kier alpha value is -1.87. The highest BCUT2D eigenvalue weighted by Crippen LogP contribution is 2.20. The van der Waals surface area contributed by atoms with Gasteiger partial charge in [-0.15, -0.1) is 0 Å². The third-order valence-electron chi connectivity index (χ3n) is 3.17. The summed E-state index contributed by atoms with van der Waals surface area (Å²) in [7, 11) is 0. The van der Waals surface area contributed by atoms with E-state index >= 15 is 0 Å². The molecule has 2 nitrogen and oxygen atoms in total. The van der Waals surface area contributed by atoms with Crippen LogP contribution < -0.4 is 0 Å². The van der Waals surface area contributed by atoms with E-state index in [2.05, 4.69) is 20.9 Å². The lowest BCUT2D eigenvalue weighted by Crippen LogP contribution is -2.02. The molecular weight excluding hydrogens is 302 g/mol. The van der Waals surface area contributed by atoms with Crippen LogP contribution >= 0.6 is 15.9 Å². The van der Waals surface area contributed by atoms with E-state index < -0.39 is 0 Å². The first kappa shape index (κ1) is 12.2. The molecule has 2 aromatic carbocycles. The zero-order valence-electron chi connectivity index (χ0n) is 10.2. The highest BCUT2D eigenvalue weighted by molar-refractivity contribution is 9.10. The van der Waals surface area contributed by atoms with Gasteiger partial charge in [-0.1, -0.05) is 46.3 Å². The van der Waals surface area contributed by atoms with Crippen LogP contribution in [0.2, 0.25) is 0 Å². The molecule has 1 N–H and O–H groups in total. The van der Waals surface area contributed by atoms with Crippen LogP contribution in [0.15, 0.2) is 59.2 Å². The lowest BCUT2D eigenvalue weighted by molar-refractivity contribution is 0.0994. The third-order valence-corrected chi connectivity index (χ3v) is 3.70. The van der Waals surface area contributed by atoms with Crippen molar-refractivity contribution in [3.05, 3.63) is 70.3 Å². The summed E-state index contributed by atoms with van der Waals surface area (Å²) in [5.41, 5.74) is 2.79. The standard InChI is InChI=1S/C16H12BrNO/c17-12-7-5-11(6-8-12)9-16(19)14-10-18-15-4-2-1-3-13(14)15/h1-8,10,18H,9H2. The molecule has 0 aliphatic carbocycles. The summed E-state index contributed by atoms with van der Waals surface area (Å²) >= 11 is 3.39. The van der Waals surface area contributed by atoms with E-state index in [-0.39, 0.29) is 5.78 Å². The smallest absolute Gasteiger partial charge is 0.169 e. The summed E-state index contributed by atoms with van der Waals surface area (Å²) < 4.78 is 1.02. The van der Waals surface area contributed by atoms with E-state index in [9.17, 15) is 4.79 Å². The first-order valence-corrected chi connectivity index (χ1v) is 6.87. The number of Topliss-reactive ketones (excluding diaryl/α,β-unsaturated/α-hetero) is 1. The first-order valence-electron chi connectivity index (χ1n) is 6.08. The predicted molar refractivity (Wildman–Crippen MR) is 80.5 cm³/mol. The monoisotopic (exact) mass is 313 g/mol. The summed E-state index contributed by atoms with van der Waals surface area (Å²) in [5.74, 6) is 0.139. The Balaban J connectivity index is 1.90. The zero-order chi connectivity index (χ0) is 13.2. The van der Waals surface area contributed by atoms with Crippen LogP contribution in [0.3, 0.4) is 0 Å². The van der Waals surface area contributed by atoms with Gasteiger partial charge in [-0.3, -0.25) is 4.79 Å². The minimum Gasteiger partial charge on any atom is -0.360 e. The molecule has 0 atom stereocenters. The maximum Gasteiger partial charge on any atom is 0.169 e. The summed E-state index contributed by atoms with van der Waals surface area (Å²) in [4.78, 5) is 15.5. The Labute approximate surface area is 119 Å². The Bertz CT molecular complexity index is 728. The minimum absolute atomic E-state index is 0.139. The first-order chi connectivity index (χ1) is 9.24. The van der Waals surface area contributed by atoms with E-state index in [0.717, 1.165) is 26.5 Å². The largest absolute Gasteiger partial charge is 0.360 e. The van der Waals surface area contributed by atoms with Crippen LogP contribution in [0.1, 0.15) is 15.9 Å². The quantitative estimate of drug-likeness (QED) is 0.716. The molecule has 0 fully saturated rings. The van der Waals surface area contributed by atoms with Crippen molar-refractivity contribution in [1.82, 2.24) is 4.98 Å². The number of hydrogen-bond acceptors (Lipinski definition) is 1. The molecule has 0 saturated carbocycles. The van der Waals surface area contributed by atoms with Crippen LogP contribution in [0.5, 0.6) is 0 Å². The maximum atomic E-state index is 12.3. The fourth-order valence-corrected chi connectivity index (χ4v) is 2.45. The van der Waals surface area contributed by atoms with Gasteiger partial charge >= 0.3 is 0 Å². The molecule has 3 rings (SSSR count). The second-order valence-electron chi connectivity index (χ2n) is 4.47. The van der Waals surface area contributed by atoms with Gasteiger partial charge in [0.2, 0.25) is 0 Å². The van der Waals surface area contributed by atoms with Gasteiger partial charge < -0.3 is 4.98 Å². The SMILES string of the molecule is O=C(Cc1ccc(Br)cc1)c1c[nH]c2ccccc12. The average molecular weight is 314 g/mol. The Kier molecular flexibility index (Phi) is 3.22. The summed E-state index contributed by atoms with van der Waals surface area (Å²) in [6.45, 7) is 0. The third kappa shape index (κ3) is 2.47. The van der Waals surface area contributed by atoms with Gasteiger partial charge in [0, 0.05) is 33.6 Å². The molecule has 0 aliphatic rings. The Morgan fingerprint density at radius 3 is 2.58 bits per heavy atom. The van der Waals surface area contributed by atoms with Crippen molar-refractivity contribution in [2.75, 3.05) is 0 Å². The van der Waals surface area contributed by atoms with Crippen molar-refractivity contribution in [3.63, 3.8) is 0 Å². The fourth-order valence-electron chi connectivity index (χ4n) is 2.19. The fraction of sp³-hybridized carbons (Fsp3) is 0.0625. The number of rotatable bonds is 3. The van der Waals surface area contributed by atoms with Crippen molar-refractivity contribution in [2.45, 2.75) is 6.42 Å². The zero-order valence-corrected chi connectivity index (χ0v) is 11.8. The predicted octanol–water partition coefficient (Wildman–Crippen LogP) is 4.36. The molecular formula is C16H12BrNO. The van der Waals surface area contributed by atoms with Crippen LogP contribution in [0.25, 0.3) is 10.9 Å². The summed E-state index contributed by atoms with van der Waals surface area (Å²) in [5, 5.41) is 0.990. The average Bonchev–Trinajstić information content (AvgIpc) is 2.85. The van der Waals surface area contributed by atoms with Crippen molar-refractivity contribution < 1.29 is 4.79 Å². The van der Waals surface area contributed by atoms with Gasteiger partial charge in [0.05, 0.1) is 0 Å². The molecule has 0 unspecified atom stereocenters. The molecule has 0 aliphatic heterocycles. The molecule has 3 aromatic rings. The number of aromatic amines is 1. The summed E-state index contributed by atoms with van der Waals surface area (Å²) in [6.07, 6.45) is 2.22. The van der Waals surface area contributed by atoms with Crippen LogP contribution in [0.4, 0.5) is 0 Å². The number of fused-ring (bicyclic) bond motifs is 1. The van der Waals surface area contributed by atoms with E-state index in [0.29, 0.717) is 6.42 Å². The maximum absolute atomic E-state index is 12.3. The molecule has 3 heteroatoms. The molecule has 94 valence electrons. The number of aromatic nitrogens is 1. The van der Waals surface area contributed by atoms with Crippen molar-refractivity contribution in [1.29, 1.82) is 0 Å². The Morgan fingerprint density at radius 2 is 1.79 bits per heavy atom. The van der Waals surface area contributed by atoms with Crippen molar-refractivity contribution in [2.24, 2.45) is 0 Å². The molecule has 1 heterocycles. The highest BCUT2D eigenvalue weighted by Gasteiger charge is 2.12. The number of benzene rings is 2. The van der Waals surface area contributed by atoms with Gasteiger partial charge in [0.15, 0.2) is 5.78 Å². The number of H-pyrrole nitrogens is 1. The number of hydrogen-bond donors (Lipinski definition) is 1. The number of carbonyl (C=O) groups is 1. The second kappa shape index (κ2) is 5.02. The number of nitrogens with one attached hydrogen (secondary N) is 1. The van der Waals surface area contributed by atoms with Crippen LogP contribution in [-0.4, -0.2) is 10.8 Å². The van der Waals surface area contributed by atoms with Gasteiger partial charge in [0.25, 0.3) is 0 Å². The molecule has 0 spiro atoms. The second-order valence-corrected chi connectivity index (χ2v) is 5.39. The van der Waals surface area contributed by atoms with Crippen LogP contribution in [-0.2, 0) is 6.42 Å². The van der Waals surface area contributed by atoms with Crippen molar-refractivity contribution in [3.8, 4) is 0 Å². The number of halogens is 1. The van der Waals surface area contributed by atoms with Crippen molar-refractivity contribution >= 4 is 32.6 Å². The van der Waals surface area contributed by atoms with Gasteiger partial charge in [-0.25, -0.2) is 0 Å². The summed E-state index contributed by atoms with van der Waals surface area (Å²) in [6, 6.07) is 15.7. The minimum atomic E-state index is 0.139. The topological polar surface area (TPSA) is 32.9 Å². The van der Waals surface area contributed by atoms with Gasteiger partial charge in [-0.2, -0.15) is 0 Å². The van der Waals surface area contributed by atoms with Crippen LogP contribution in [0, 0.1) is 0 Å². The lowest BCUT2D eigenvalue weighted by atomic mass is 10.0. The molecule has 0 saturated heterocycles. The van der Waals surface area contributed by atoms with Gasteiger partial charge in [-0.05, 0) is 23.8 Å². The van der Waals surface area contributed by atoms with E-state index in [1.807, 2.05) is 48.5 Å². The Morgan fingerprint density at radius 1 is 1.05 bits per heavy atom. The molecule has 0 amide bonds. The van der Waals surface area contributed by atoms with Gasteiger partial charge in [0.1, 0.15) is 0 Å². The molecule has 0 bridgehead atoms. The number of carbonyl (C=O) groups excluding carboxylic acids is 1. The molecule has 19 heavy (non-hydrogen) atoms. The number of para-hydroxylation sites is 1. The van der Waals surface area contributed by atoms with E-state index in [1.165, 1.54) is 0 Å². The molecule has 0 radical (unpaired) electrons. The lowest BCUT2D eigenvalue weighted by Gasteiger charge is -2.01.